The second-order valence-electron chi connectivity index (χ2n) is 5.54. The van der Waals surface area contributed by atoms with Gasteiger partial charge < -0.3 is 4.74 Å². The molecule has 4 nitrogen and oxygen atoms in total. The van der Waals surface area contributed by atoms with Gasteiger partial charge in [-0.05, 0) is 29.8 Å². The van der Waals surface area contributed by atoms with Crippen LogP contribution in [0.2, 0.25) is 5.02 Å². The molecule has 2 aromatic carbocycles. The van der Waals surface area contributed by atoms with Gasteiger partial charge in [-0.3, -0.25) is 4.57 Å². The van der Waals surface area contributed by atoms with Crippen LogP contribution in [0.3, 0.4) is 0 Å². The molecule has 0 aliphatic carbocycles. The first-order chi connectivity index (χ1) is 13.1. The molecule has 0 spiro atoms. The van der Waals surface area contributed by atoms with Crippen LogP contribution in [-0.2, 0) is 18.9 Å². The van der Waals surface area contributed by atoms with Gasteiger partial charge in [0.15, 0.2) is 11.0 Å². The quantitative estimate of drug-likeness (QED) is 0.377. The Morgan fingerprint density at radius 3 is 2.74 bits per heavy atom. The van der Waals surface area contributed by atoms with Crippen LogP contribution in [0.4, 0.5) is 8.78 Å². The Bertz CT molecular complexity index is 948. The molecule has 0 atom stereocenters. The minimum Gasteiger partial charge on any atom is -0.484 e. The number of aromatic nitrogens is 3. The Hall–Kier alpha value is -2.38. The summed E-state index contributed by atoms with van der Waals surface area (Å²) in [7, 11) is 0. The maximum Gasteiger partial charge on any atom is 0.191 e. The smallest absolute Gasteiger partial charge is 0.191 e. The number of rotatable bonds is 8. The number of thioether (sulfide) groups is 1. The van der Waals surface area contributed by atoms with Crippen molar-refractivity contribution < 1.29 is 13.5 Å². The molecule has 0 unspecified atom stereocenters. The number of halogens is 3. The fourth-order valence-electron chi connectivity index (χ4n) is 2.34. The third-order valence-corrected chi connectivity index (χ3v) is 4.98. The summed E-state index contributed by atoms with van der Waals surface area (Å²) in [6, 6.07) is 10.5. The molecule has 0 saturated heterocycles. The van der Waals surface area contributed by atoms with Crippen LogP contribution >= 0.6 is 23.4 Å². The average molecular weight is 408 g/mol. The van der Waals surface area contributed by atoms with Crippen LogP contribution in [0.5, 0.6) is 5.75 Å². The normalized spacial score (nSPS) is 10.8. The minimum absolute atomic E-state index is 0.104. The van der Waals surface area contributed by atoms with Crippen LogP contribution in [0, 0.1) is 11.6 Å². The molecule has 0 N–H and O–H groups in total. The number of hydrogen-bond donors (Lipinski definition) is 0. The number of nitrogens with zero attached hydrogens (tertiary/aromatic N) is 3. The van der Waals surface area contributed by atoms with Crippen molar-refractivity contribution in [2.24, 2.45) is 0 Å². The van der Waals surface area contributed by atoms with Gasteiger partial charge >= 0.3 is 0 Å². The molecule has 0 saturated carbocycles. The largest absolute Gasteiger partial charge is 0.484 e. The van der Waals surface area contributed by atoms with Crippen molar-refractivity contribution in [1.29, 1.82) is 0 Å². The average Bonchev–Trinajstić information content (AvgIpc) is 3.02. The summed E-state index contributed by atoms with van der Waals surface area (Å²) in [5.74, 6) is 0.647. The maximum absolute atomic E-state index is 13.8. The summed E-state index contributed by atoms with van der Waals surface area (Å²) in [4.78, 5) is 0. The number of allylic oxidation sites excluding steroid dienone is 1. The molecule has 3 aromatic rings. The molecule has 8 heteroatoms. The summed E-state index contributed by atoms with van der Waals surface area (Å²) < 4.78 is 34.4. The van der Waals surface area contributed by atoms with E-state index in [0.717, 1.165) is 0 Å². The van der Waals surface area contributed by atoms with Gasteiger partial charge in [-0.25, -0.2) is 8.78 Å². The third-order valence-electron chi connectivity index (χ3n) is 3.67. The van der Waals surface area contributed by atoms with Gasteiger partial charge in [-0.1, -0.05) is 47.6 Å². The lowest BCUT2D eigenvalue weighted by Crippen LogP contribution is -2.07. The van der Waals surface area contributed by atoms with E-state index in [1.165, 1.54) is 36.0 Å². The van der Waals surface area contributed by atoms with Crippen molar-refractivity contribution >= 4 is 23.4 Å². The van der Waals surface area contributed by atoms with Crippen LogP contribution in [0.1, 0.15) is 11.4 Å². The summed E-state index contributed by atoms with van der Waals surface area (Å²) in [5, 5.41) is 9.11. The van der Waals surface area contributed by atoms with Crippen LogP contribution < -0.4 is 4.74 Å². The topological polar surface area (TPSA) is 39.9 Å². The molecule has 0 aliphatic heterocycles. The molecule has 27 heavy (non-hydrogen) atoms. The number of ether oxygens (including phenoxy) is 1. The summed E-state index contributed by atoms with van der Waals surface area (Å²) in [5.41, 5.74) is 0.589. The first kappa shape index (κ1) is 19.4. The van der Waals surface area contributed by atoms with Crippen molar-refractivity contribution in [3.8, 4) is 5.75 Å². The molecule has 0 radical (unpaired) electrons. The van der Waals surface area contributed by atoms with Gasteiger partial charge in [-0.15, -0.1) is 16.8 Å². The highest BCUT2D eigenvalue weighted by atomic mass is 35.5. The molecule has 1 heterocycles. The van der Waals surface area contributed by atoms with Crippen LogP contribution in [-0.4, -0.2) is 14.8 Å². The molecule has 0 fully saturated rings. The van der Waals surface area contributed by atoms with E-state index in [-0.39, 0.29) is 17.4 Å². The van der Waals surface area contributed by atoms with Crippen LogP contribution in [0.25, 0.3) is 0 Å². The van der Waals surface area contributed by atoms with Gasteiger partial charge in [0, 0.05) is 12.3 Å². The fourth-order valence-corrected chi connectivity index (χ4v) is 3.51. The molecular formula is C19H16ClF2N3OS. The molecular weight excluding hydrogens is 392 g/mol. The Labute approximate surface area is 164 Å². The van der Waals surface area contributed by atoms with Crippen LogP contribution in [0.15, 0.2) is 60.3 Å². The first-order valence-corrected chi connectivity index (χ1v) is 9.42. The van der Waals surface area contributed by atoms with Crippen molar-refractivity contribution in [2.45, 2.75) is 24.1 Å². The van der Waals surface area contributed by atoms with E-state index in [9.17, 15) is 8.78 Å². The van der Waals surface area contributed by atoms with Gasteiger partial charge in [0.2, 0.25) is 0 Å². The maximum atomic E-state index is 13.8. The predicted octanol–water partition coefficient (Wildman–Crippen LogP) is 5.27. The van der Waals surface area contributed by atoms with E-state index in [2.05, 4.69) is 16.8 Å². The zero-order valence-corrected chi connectivity index (χ0v) is 15.8. The lowest BCUT2D eigenvalue weighted by molar-refractivity contribution is 0.289. The van der Waals surface area contributed by atoms with Gasteiger partial charge in [0.1, 0.15) is 24.0 Å². The van der Waals surface area contributed by atoms with E-state index in [1.807, 2.05) is 4.57 Å². The molecule has 140 valence electrons. The SMILES string of the molecule is C=CCn1c(COc2ccc(F)cc2Cl)nnc1SCc1ccccc1F. The lowest BCUT2D eigenvalue weighted by atomic mass is 10.2. The second kappa shape index (κ2) is 9.01. The van der Waals surface area contributed by atoms with Gasteiger partial charge in [-0.2, -0.15) is 0 Å². The summed E-state index contributed by atoms with van der Waals surface area (Å²) >= 11 is 7.34. The number of hydrogen-bond acceptors (Lipinski definition) is 4. The second-order valence-corrected chi connectivity index (χ2v) is 6.89. The highest BCUT2D eigenvalue weighted by molar-refractivity contribution is 7.98. The highest BCUT2D eigenvalue weighted by Gasteiger charge is 2.14. The standard InChI is InChI=1S/C19H16ClF2N3OS/c1-2-9-25-18(11-26-17-8-7-14(21)10-15(17)20)23-24-19(25)27-12-13-5-3-4-6-16(13)22/h2-8,10H,1,9,11-12H2. The van der Waals surface area contributed by atoms with E-state index in [1.54, 1.807) is 24.3 Å². The monoisotopic (exact) mass is 407 g/mol. The van der Waals surface area contributed by atoms with Crippen molar-refractivity contribution in [1.82, 2.24) is 14.8 Å². The molecule has 0 bridgehead atoms. The zero-order chi connectivity index (χ0) is 19.2. The molecule has 3 rings (SSSR count). The highest BCUT2D eigenvalue weighted by Crippen LogP contribution is 2.27. The Balaban J connectivity index is 1.72. The van der Waals surface area contributed by atoms with E-state index in [4.69, 9.17) is 16.3 Å². The molecule has 0 amide bonds. The fraction of sp³-hybridized carbons (Fsp3) is 0.158. The van der Waals surface area contributed by atoms with Gasteiger partial charge in [0.25, 0.3) is 0 Å². The minimum atomic E-state index is -0.436. The summed E-state index contributed by atoms with van der Waals surface area (Å²) in [6.45, 7) is 4.32. The molecule has 1 aromatic heterocycles. The Kier molecular flexibility index (Phi) is 6.47. The van der Waals surface area contributed by atoms with E-state index < -0.39 is 5.82 Å². The lowest BCUT2D eigenvalue weighted by Gasteiger charge is -2.10. The van der Waals surface area contributed by atoms with Gasteiger partial charge in [0.05, 0.1) is 5.02 Å². The van der Waals surface area contributed by atoms with Crippen molar-refractivity contribution in [3.05, 3.63) is 83.2 Å². The Morgan fingerprint density at radius 2 is 2.00 bits per heavy atom. The third kappa shape index (κ3) is 4.87. The van der Waals surface area contributed by atoms with E-state index >= 15 is 0 Å². The van der Waals surface area contributed by atoms with E-state index in [0.29, 0.717) is 34.6 Å². The summed E-state index contributed by atoms with van der Waals surface area (Å²) in [6.07, 6.45) is 1.71. The molecule has 0 aliphatic rings. The van der Waals surface area contributed by atoms with Crippen molar-refractivity contribution in [2.75, 3.05) is 0 Å². The predicted molar refractivity (Wildman–Crippen MR) is 102 cm³/mol. The zero-order valence-electron chi connectivity index (χ0n) is 14.2. The Morgan fingerprint density at radius 1 is 1.19 bits per heavy atom. The number of benzene rings is 2. The van der Waals surface area contributed by atoms with Crippen molar-refractivity contribution in [3.63, 3.8) is 0 Å². The first-order valence-electron chi connectivity index (χ1n) is 8.05.